The lowest BCUT2D eigenvalue weighted by molar-refractivity contribution is -0.138. The Labute approximate surface area is 119 Å². The predicted molar refractivity (Wildman–Crippen MR) is 70.4 cm³/mol. The van der Waals surface area contributed by atoms with Crippen LogP contribution in [0.15, 0.2) is 54.6 Å². The molecule has 2 rings (SSSR count). The second kappa shape index (κ2) is 5.87. The summed E-state index contributed by atoms with van der Waals surface area (Å²) in [4.78, 5) is 11.5. The van der Waals surface area contributed by atoms with Gasteiger partial charge in [0.15, 0.2) is 0 Å². The third-order valence-corrected chi connectivity index (χ3v) is 2.77. The van der Waals surface area contributed by atoms with Crippen LogP contribution in [0, 0.1) is 0 Å². The maximum Gasteiger partial charge on any atom is 0.416 e. The van der Waals surface area contributed by atoms with Crippen LogP contribution < -0.4 is 10.5 Å². The van der Waals surface area contributed by atoms with Crippen molar-refractivity contribution < 1.29 is 22.7 Å². The number of hydrogen-bond donors (Lipinski definition) is 1. The van der Waals surface area contributed by atoms with Gasteiger partial charge in [-0.25, -0.2) is 0 Å². The Morgan fingerprint density at radius 3 is 2.29 bits per heavy atom. The van der Waals surface area contributed by atoms with E-state index in [2.05, 4.69) is 0 Å². The van der Waals surface area contributed by atoms with Crippen molar-refractivity contribution >= 4 is 5.91 Å². The SMILES string of the molecule is NC(=O)C(Oc1ccccc1)c1cccc(C(F)(F)F)c1. The van der Waals surface area contributed by atoms with Gasteiger partial charge in [0.25, 0.3) is 5.91 Å². The summed E-state index contributed by atoms with van der Waals surface area (Å²) in [5.41, 5.74) is 4.43. The molecule has 2 aromatic carbocycles. The number of amides is 1. The first-order valence-electron chi connectivity index (χ1n) is 6.06. The third-order valence-electron chi connectivity index (χ3n) is 2.77. The van der Waals surface area contributed by atoms with Gasteiger partial charge in [-0.15, -0.1) is 0 Å². The van der Waals surface area contributed by atoms with Gasteiger partial charge < -0.3 is 10.5 Å². The zero-order valence-corrected chi connectivity index (χ0v) is 10.8. The Kier molecular flexibility index (Phi) is 4.16. The fourth-order valence-corrected chi connectivity index (χ4v) is 1.80. The maximum atomic E-state index is 12.7. The van der Waals surface area contributed by atoms with Gasteiger partial charge in [-0.2, -0.15) is 13.2 Å². The average Bonchev–Trinajstić information content (AvgIpc) is 2.45. The molecule has 0 spiro atoms. The molecule has 1 atom stereocenters. The van der Waals surface area contributed by atoms with Crippen molar-refractivity contribution in [1.82, 2.24) is 0 Å². The van der Waals surface area contributed by atoms with E-state index in [-0.39, 0.29) is 5.56 Å². The molecule has 2 aromatic rings. The van der Waals surface area contributed by atoms with Crippen LogP contribution in [-0.2, 0) is 11.0 Å². The van der Waals surface area contributed by atoms with Crippen molar-refractivity contribution in [3.63, 3.8) is 0 Å². The Bertz CT molecular complexity index is 626. The highest BCUT2D eigenvalue weighted by atomic mass is 19.4. The predicted octanol–water partition coefficient (Wildman–Crippen LogP) is 3.31. The van der Waals surface area contributed by atoms with Gasteiger partial charge in [0.2, 0.25) is 6.10 Å². The van der Waals surface area contributed by atoms with E-state index >= 15 is 0 Å². The Hall–Kier alpha value is -2.50. The second-order valence-corrected chi connectivity index (χ2v) is 4.34. The fraction of sp³-hybridized carbons (Fsp3) is 0.133. The lowest BCUT2D eigenvalue weighted by Gasteiger charge is -2.17. The van der Waals surface area contributed by atoms with Crippen LogP contribution in [0.25, 0.3) is 0 Å². The number of rotatable bonds is 4. The first kappa shape index (κ1) is 14.9. The highest BCUT2D eigenvalue weighted by molar-refractivity contribution is 5.80. The molecule has 0 heterocycles. The molecule has 0 saturated carbocycles. The van der Waals surface area contributed by atoms with Gasteiger partial charge in [-0.05, 0) is 24.3 Å². The van der Waals surface area contributed by atoms with Crippen molar-refractivity contribution in [2.75, 3.05) is 0 Å². The van der Waals surface area contributed by atoms with E-state index in [4.69, 9.17) is 10.5 Å². The maximum absolute atomic E-state index is 12.7. The first-order chi connectivity index (χ1) is 9.88. The first-order valence-corrected chi connectivity index (χ1v) is 6.06. The zero-order valence-electron chi connectivity index (χ0n) is 10.8. The molecule has 0 aliphatic carbocycles. The summed E-state index contributed by atoms with van der Waals surface area (Å²) in [6.45, 7) is 0. The number of benzene rings is 2. The molecule has 1 amide bonds. The van der Waals surface area contributed by atoms with Gasteiger partial charge in [0, 0.05) is 5.56 Å². The van der Waals surface area contributed by atoms with Gasteiger partial charge >= 0.3 is 6.18 Å². The van der Waals surface area contributed by atoms with Gasteiger partial charge in [0.1, 0.15) is 5.75 Å². The molecular formula is C15H12F3NO2. The number of carbonyl (C=O) groups excluding carboxylic acids is 1. The van der Waals surface area contributed by atoms with Crippen LogP contribution in [0.2, 0.25) is 0 Å². The van der Waals surface area contributed by atoms with E-state index in [1.54, 1.807) is 30.3 Å². The van der Waals surface area contributed by atoms with Crippen molar-refractivity contribution in [2.24, 2.45) is 5.73 Å². The smallest absolute Gasteiger partial charge is 0.416 e. The normalized spacial score (nSPS) is 12.7. The number of carbonyl (C=O) groups is 1. The summed E-state index contributed by atoms with van der Waals surface area (Å²) >= 11 is 0. The number of hydrogen-bond acceptors (Lipinski definition) is 2. The average molecular weight is 295 g/mol. The summed E-state index contributed by atoms with van der Waals surface area (Å²) < 4.78 is 43.5. The van der Waals surface area contributed by atoms with Crippen molar-refractivity contribution in [1.29, 1.82) is 0 Å². The molecule has 3 nitrogen and oxygen atoms in total. The minimum Gasteiger partial charge on any atom is -0.476 e. The molecule has 110 valence electrons. The second-order valence-electron chi connectivity index (χ2n) is 4.34. The standard InChI is InChI=1S/C15H12F3NO2/c16-15(17,18)11-6-4-5-10(9-11)13(14(19)20)21-12-7-2-1-3-8-12/h1-9,13H,(H2,19,20). The van der Waals surface area contributed by atoms with E-state index in [0.29, 0.717) is 5.75 Å². The highest BCUT2D eigenvalue weighted by Crippen LogP contribution is 2.31. The molecule has 6 heteroatoms. The lowest BCUT2D eigenvalue weighted by Crippen LogP contribution is -2.26. The minimum absolute atomic E-state index is 0.0566. The number of primary amides is 1. The fourth-order valence-electron chi connectivity index (χ4n) is 1.80. The van der Waals surface area contributed by atoms with Gasteiger partial charge in [-0.1, -0.05) is 30.3 Å². The van der Waals surface area contributed by atoms with Crippen molar-refractivity contribution in [2.45, 2.75) is 12.3 Å². The molecule has 0 aliphatic heterocycles. The van der Waals surface area contributed by atoms with E-state index in [9.17, 15) is 18.0 Å². The Morgan fingerprint density at radius 2 is 1.71 bits per heavy atom. The number of alkyl halides is 3. The van der Waals surface area contributed by atoms with Crippen molar-refractivity contribution in [3.05, 3.63) is 65.7 Å². The number of para-hydroxylation sites is 1. The molecule has 0 aliphatic rings. The highest BCUT2D eigenvalue weighted by Gasteiger charge is 2.32. The van der Waals surface area contributed by atoms with E-state index in [1.165, 1.54) is 12.1 Å². The lowest BCUT2D eigenvalue weighted by atomic mass is 10.1. The van der Waals surface area contributed by atoms with Crippen LogP contribution in [0.5, 0.6) is 5.75 Å². The summed E-state index contributed by atoms with van der Waals surface area (Å²) in [5, 5.41) is 0. The Balaban J connectivity index is 2.33. The molecule has 0 aromatic heterocycles. The molecular weight excluding hydrogens is 283 g/mol. The summed E-state index contributed by atoms with van der Waals surface area (Å²) in [6.07, 6.45) is -5.78. The van der Waals surface area contributed by atoms with E-state index in [1.807, 2.05) is 0 Å². The topological polar surface area (TPSA) is 52.3 Å². The molecule has 0 fully saturated rings. The van der Waals surface area contributed by atoms with Crippen LogP contribution in [0.1, 0.15) is 17.2 Å². The molecule has 0 saturated heterocycles. The van der Waals surface area contributed by atoms with Gasteiger partial charge in [-0.3, -0.25) is 4.79 Å². The Morgan fingerprint density at radius 1 is 1.05 bits per heavy atom. The number of halogens is 3. The molecule has 1 unspecified atom stereocenters. The van der Waals surface area contributed by atoms with E-state index < -0.39 is 23.8 Å². The third kappa shape index (κ3) is 3.75. The summed E-state index contributed by atoms with van der Waals surface area (Å²) in [5.74, 6) is -0.517. The number of ether oxygens (including phenoxy) is 1. The van der Waals surface area contributed by atoms with Crippen LogP contribution >= 0.6 is 0 Å². The quantitative estimate of drug-likeness (QED) is 0.940. The van der Waals surface area contributed by atoms with E-state index in [0.717, 1.165) is 12.1 Å². The largest absolute Gasteiger partial charge is 0.476 e. The monoisotopic (exact) mass is 295 g/mol. The zero-order chi connectivity index (χ0) is 15.5. The van der Waals surface area contributed by atoms with Crippen LogP contribution in [-0.4, -0.2) is 5.91 Å². The van der Waals surface area contributed by atoms with Crippen LogP contribution in [0.4, 0.5) is 13.2 Å². The molecule has 21 heavy (non-hydrogen) atoms. The van der Waals surface area contributed by atoms with Crippen molar-refractivity contribution in [3.8, 4) is 5.75 Å². The summed E-state index contributed by atoms with van der Waals surface area (Å²) in [6, 6.07) is 12.6. The number of nitrogens with two attached hydrogens (primary N) is 1. The van der Waals surface area contributed by atoms with Gasteiger partial charge in [0.05, 0.1) is 5.56 Å². The minimum atomic E-state index is -4.50. The summed E-state index contributed by atoms with van der Waals surface area (Å²) in [7, 11) is 0. The molecule has 0 bridgehead atoms. The molecule has 2 N–H and O–H groups in total. The van der Waals surface area contributed by atoms with Crippen LogP contribution in [0.3, 0.4) is 0 Å². The molecule has 0 radical (unpaired) electrons.